The first-order valence-corrected chi connectivity index (χ1v) is 5.85. The maximum absolute atomic E-state index is 11.9. The summed E-state index contributed by atoms with van der Waals surface area (Å²) in [4.78, 5) is 25.0. The van der Waals surface area contributed by atoms with Gasteiger partial charge < -0.3 is 9.64 Å². The van der Waals surface area contributed by atoms with Gasteiger partial charge in [-0.2, -0.15) is 0 Å². The molecule has 1 heterocycles. The molecule has 2 rings (SSSR count). The molecule has 1 atom stereocenters. The van der Waals surface area contributed by atoms with Crippen molar-refractivity contribution in [1.29, 1.82) is 0 Å². The Hall–Kier alpha value is -1.06. The van der Waals surface area contributed by atoms with E-state index in [0.29, 0.717) is 12.8 Å². The van der Waals surface area contributed by atoms with Crippen LogP contribution in [0.1, 0.15) is 46.5 Å². The Labute approximate surface area is 95.9 Å². The number of ether oxygens (including phenoxy) is 1. The van der Waals surface area contributed by atoms with Gasteiger partial charge in [0.15, 0.2) is 0 Å². The molecule has 1 aliphatic heterocycles. The first-order valence-electron chi connectivity index (χ1n) is 5.85. The molecule has 1 unspecified atom stereocenters. The molecule has 90 valence electrons. The summed E-state index contributed by atoms with van der Waals surface area (Å²) in [5.74, 6) is 0.272. The van der Waals surface area contributed by atoms with Crippen LogP contribution in [0.2, 0.25) is 0 Å². The van der Waals surface area contributed by atoms with Crippen LogP contribution in [-0.2, 0) is 9.53 Å². The summed E-state index contributed by atoms with van der Waals surface area (Å²) in [6, 6.07) is 0. The van der Waals surface area contributed by atoms with Crippen molar-refractivity contribution in [2.45, 2.75) is 57.6 Å². The van der Waals surface area contributed by atoms with Crippen LogP contribution in [0, 0.1) is 0 Å². The Bertz CT molecular complexity index is 332. The fraction of sp³-hybridized carbons (Fsp3) is 0.833. The van der Waals surface area contributed by atoms with E-state index < -0.39 is 5.60 Å². The SMILES string of the molecule is CC(C)(C)OC(=O)N1CCC12CCC(=O)C2. The van der Waals surface area contributed by atoms with Gasteiger partial charge >= 0.3 is 6.09 Å². The highest BCUT2D eigenvalue weighted by Crippen LogP contribution is 2.43. The zero-order valence-corrected chi connectivity index (χ0v) is 10.2. The van der Waals surface area contributed by atoms with Gasteiger partial charge in [0, 0.05) is 19.4 Å². The second-order valence-corrected chi connectivity index (χ2v) is 5.82. The van der Waals surface area contributed by atoms with Gasteiger partial charge in [-0.3, -0.25) is 4.79 Å². The first-order chi connectivity index (χ1) is 7.32. The Kier molecular flexibility index (Phi) is 2.48. The topological polar surface area (TPSA) is 46.6 Å². The van der Waals surface area contributed by atoms with E-state index in [-0.39, 0.29) is 17.4 Å². The highest BCUT2D eigenvalue weighted by Gasteiger charge is 2.52. The normalized spacial score (nSPS) is 29.4. The van der Waals surface area contributed by atoms with Gasteiger partial charge in [0.05, 0.1) is 5.54 Å². The summed E-state index contributed by atoms with van der Waals surface area (Å²) in [6.07, 6.45) is 2.61. The third-order valence-corrected chi connectivity index (χ3v) is 3.38. The summed E-state index contributed by atoms with van der Waals surface area (Å²) in [6.45, 7) is 6.30. The van der Waals surface area contributed by atoms with E-state index in [0.717, 1.165) is 19.4 Å². The molecule has 0 radical (unpaired) electrons. The molecule has 1 amide bonds. The molecular weight excluding hydrogens is 206 g/mol. The van der Waals surface area contributed by atoms with Crippen molar-refractivity contribution in [3.63, 3.8) is 0 Å². The molecule has 0 aromatic carbocycles. The third-order valence-electron chi connectivity index (χ3n) is 3.38. The van der Waals surface area contributed by atoms with Crippen LogP contribution in [0.25, 0.3) is 0 Å². The fourth-order valence-electron chi connectivity index (χ4n) is 2.50. The van der Waals surface area contributed by atoms with Gasteiger partial charge in [0.1, 0.15) is 11.4 Å². The highest BCUT2D eigenvalue weighted by molar-refractivity contribution is 5.84. The Morgan fingerprint density at radius 1 is 1.38 bits per heavy atom. The van der Waals surface area contributed by atoms with Crippen LogP contribution in [0.3, 0.4) is 0 Å². The van der Waals surface area contributed by atoms with Crippen molar-refractivity contribution >= 4 is 11.9 Å². The second-order valence-electron chi connectivity index (χ2n) is 5.82. The molecule has 1 aliphatic carbocycles. The molecule has 1 spiro atoms. The standard InChI is InChI=1S/C12H19NO3/c1-11(2,3)16-10(15)13-7-6-12(13)5-4-9(14)8-12/h4-8H2,1-3H3. The molecule has 4 heteroatoms. The third kappa shape index (κ3) is 1.93. The van der Waals surface area contributed by atoms with E-state index in [1.807, 2.05) is 20.8 Å². The minimum Gasteiger partial charge on any atom is -0.444 e. The second kappa shape index (κ2) is 3.47. The molecule has 16 heavy (non-hydrogen) atoms. The molecular formula is C12H19NO3. The average molecular weight is 225 g/mol. The lowest BCUT2D eigenvalue weighted by molar-refractivity contribution is -0.119. The van der Waals surface area contributed by atoms with E-state index >= 15 is 0 Å². The minimum atomic E-state index is -0.462. The lowest BCUT2D eigenvalue weighted by atomic mass is 9.83. The summed E-state index contributed by atoms with van der Waals surface area (Å²) in [5, 5.41) is 0. The van der Waals surface area contributed by atoms with Gasteiger partial charge in [-0.1, -0.05) is 0 Å². The number of Topliss-reactive ketones (excluding diaryl/α,β-unsaturated/α-hetero) is 1. The zero-order chi connectivity index (χ0) is 12.0. The molecule has 1 saturated heterocycles. The molecule has 0 bridgehead atoms. The maximum Gasteiger partial charge on any atom is 0.410 e. The number of carbonyl (C=O) groups is 2. The van der Waals surface area contributed by atoms with Crippen LogP contribution < -0.4 is 0 Å². The van der Waals surface area contributed by atoms with Gasteiger partial charge in [0.2, 0.25) is 0 Å². The van der Waals surface area contributed by atoms with Gasteiger partial charge in [-0.05, 0) is 33.6 Å². The zero-order valence-electron chi connectivity index (χ0n) is 10.2. The molecule has 0 aromatic rings. The van der Waals surface area contributed by atoms with E-state index in [2.05, 4.69) is 0 Å². The minimum absolute atomic E-state index is 0.195. The van der Waals surface area contributed by atoms with E-state index in [1.54, 1.807) is 4.90 Å². The van der Waals surface area contributed by atoms with Crippen molar-refractivity contribution in [2.24, 2.45) is 0 Å². The van der Waals surface area contributed by atoms with Gasteiger partial charge in [-0.15, -0.1) is 0 Å². The number of ketones is 1. The predicted molar refractivity (Wildman–Crippen MR) is 59.1 cm³/mol. The number of hydrogen-bond donors (Lipinski definition) is 0. The van der Waals surface area contributed by atoms with Crippen LogP contribution >= 0.6 is 0 Å². The molecule has 0 aromatic heterocycles. The van der Waals surface area contributed by atoms with E-state index in [9.17, 15) is 9.59 Å². The van der Waals surface area contributed by atoms with Crippen LogP contribution in [-0.4, -0.2) is 34.5 Å². The monoisotopic (exact) mass is 225 g/mol. The van der Waals surface area contributed by atoms with Crippen molar-refractivity contribution in [3.8, 4) is 0 Å². The molecule has 0 N–H and O–H groups in total. The summed E-state index contributed by atoms with van der Waals surface area (Å²) in [5.41, 5.74) is -0.657. The van der Waals surface area contributed by atoms with Crippen molar-refractivity contribution in [3.05, 3.63) is 0 Å². The van der Waals surface area contributed by atoms with Crippen molar-refractivity contribution in [2.75, 3.05) is 6.54 Å². The molecule has 4 nitrogen and oxygen atoms in total. The summed E-state index contributed by atoms with van der Waals surface area (Å²) >= 11 is 0. The predicted octanol–water partition coefficient (Wildman–Crippen LogP) is 2.12. The average Bonchev–Trinajstić information content (AvgIpc) is 2.44. The number of amides is 1. The van der Waals surface area contributed by atoms with Gasteiger partial charge in [0.25, 0.3) is 0 Å². The molecule has 1 saturated carbocycles. The lowest BCUT2D eigenvalue weighted by Gasteiger charge is -2.50. The Morgan fingerprint density at radius 3 is 2.44 bits per heavy atom. The summed E-state index contributed by atoms with van der Waals surface area (Å²) in [7, 11) is 0. The van der Waals surface area contributed by atoms with E-state index in [4.69, 9.17) is 4.74 Å². The number of nitrogens with zero attached hydrogens (tertiary/aromatic N) is 1. The Balaban J connectivity index is 2.01. The van der Waals surface area contributed by atoms with E-state index in [1.165, 1.54) is 0 Å². The maximum atomic E-state index is 11.9. The Morgan fingerprint density at radius 2 is 2.06 bits per heavy atom. The van der Waals surface area contributed by atoms with Crippen molar-refractivity contribution < 1.29 is 14.3 Å². The van der Waals surface area contributed by atoms with Crippen LogP contribution in [0.4, 0.5) is 4.79 Å². The summed E-state index contributed by atoms with van der Waals surface area (Å²) < 4.78 is 5.34. The number of carbonyl (C=O) groups excluding carboxylic acids is 2. The quantitative estimate of drug-likeness (QED) is 0.634. The number of rotatable bonds is 0. The highest BCUT2D eigenvalue weighted by atomic mass is 16.6. The number of hydrogen-bond acceptors (Lipinski definition) is 3. The van der Waals surface area contributed by atoms with Crippen molar-refractivity contribution in [1.82, 2.24) is 4.90 Å². The fourth-order valence-corrected chi connectivity index (χ4v) is 2.50. The lowest BCUT2D eigenvalue weighted by Crippen LogP contribution is -2.61. The molecule has 2 fully saturated rings. The van der Waals surface area contributed by atoms with Crippen LogP contribution in [0.5, 0.6) is 0 Å². The first kappa shape index (κ1) is 11.4. The smallest absolute Gasteiger partial charge is 0.410 e. The number of likely N-dealkylation sites (tertiary alicyclic amines) is 1. The van der Waals surface area contributed by atoms with Gasteiger partial charge in [-0.25, -0.2) is 4.79 Å². The van der Waals surface area contributed by atoms with Crippen LogP contribution in [0.15, 0.2) is 0 Å². The largest absolute Gasteiger partial charge is 0.444 e. The molecule has 2 aliphatic rings.